The van der Waals surface area contributed by atoms with Gasteiger partial charge in [0, 0.05) is 0 Å². The Hall–Kier alpha value is -1.76. The molecule has 1 nitrogen and oxygen atoms in total. The summed E-state index contributed by atoms with van der Waals surface area (Å²) in [5, 5.41) is 0. The molecule has 0 heterocycles. The highest BCUT2D eigenvalue weighted by molar-refractivity contribution is 8.45. The smallest absolute Gasteiger partial charge is 0.313 e. The summed E-state index contributed by atoms with van der Waals surface area (Å²) in [4.78, 5) is -2.00. The van der Waals surface area contributed by atoms with E-state index in [0.717, 1.165) is 36.5 Å². The van der Waals surface area contributed by atoms with E-state index in [9.17, 15) is 19.4 Å². The molecule has 0 aromatic heterocycles. The molecule has 0 amide bonds. The van der Waals surface area contributed by atoms with Gasteiger partial charge in [-0.25, -0.2) is 0 Å². The summed E-state index contributed by atoms with van der Waals surface area (Å²) in [6.45, 7) is 2.21. The SMILES string of the molecule is CCCCCC1CCC(c2ccc(Oc3ccccc3S(F)(F)(F)(F)F)cc2)CC1. The fraction of sp³-hybridized carbons (Fsp3) is 0.478. The van der Waals surface area contributed by atoms with Gasteiger partial charge in [-0.15, -0.1) is 0 Å². The maximum atomic E-state index is 13.3. The second-order valence-corrected chi connectivity index (χ2v) is 10.7. The van der Waals surface area contributed by atoms with E-state index in [-0.39, 0.29) is 5.75 Å². The van der Waals surface area contributed by atoms with Gasteiger partial charge >= 0.3 is 10.2 Å². The lowest BCUT2D eigenvalue weighted by molar-refractivity contribution is 0.302. The molecular formula is C23H29F5OS. The number of hydrogen-bond donors (Lipinski definition) is 0. The van der Waals surface area contributed by atoms with E-state index in [1.807, 2.05) is 12.1 Å². The van der Waals surface area contributed by atoms with Crippen LogP contribution in [0, 0.1) is 5.92 Å². The van der Waals surface area contributed by atoms with Gasteiger partial charge in [-0.1, -0.05) is 76.3 Å². The summed E-state index contributed by atoms with van der Waals surface area (Å²) in [7, 11) is -9.83. The Balaban J connectivity index is 1.65. The number of rotatable bonds is 8. The Morgan fingerprint density at radius 1 is 0.833 bits per heavy atom. The minimum atomic E-state index is -9.83. The molecule has 0 unspecified atom stereocenters. The maximum absolute atomic E-state index is 13.3. The number of para-hydroxylation sites is 1. The number of hydrogen-bond acceptors (Lipinski definition) is 1. The molecule has 7 heteroatoms. The molecular weight excluding hydrogens is 419 g/mol. The van der Waals surface area contributed by atoms with Crippen LogP contribution in [0.25, 0.3) is 0 Å². The summed E-state index contributed by atoms with van der Waals surface area (Å²) in [5.41, 5.74) is 1.12. The predicted molar refractivity (Wildman–Crippen MR) is 113 cm³/mol. The first-order valence-corrected chi connectivity index (χ1v) is 12.5. The van der Waals surface area contributed by atoms with Crippen molar-refractivity contribution in [2.24, 2.45) is 5.92 Å². The third-order valence-electron chi connectivity index (χ3n) is 5.91. The Morgan fingerprint density at radius 2 is 1.47 bits per heavy atom. The van der Waals surface area contributed by atoms with Gasteiger partial charge < -0.3 is 4.74 Å². The largest absolute Gasteiger partial charge is 0.456 e. The van der Waals surface area contributed by atoms with Crippen LogP contribution in [-0.4, -0.2) is 0 Å². The molecule has 2 aromatic carbocycles. The topological polar surface area (TPSA) is 9.23 Å². The summed E-state index contributed by atoms with van der Waals surface area (Å²) in [6.07, 6.45) is 9.70. The first-order valence-electron chi connectivity index (χ1n) is 10.6. The molecule has 168 valence electrons. The van der Waals surface area contributed by atoms with Crippen LogP contribution in [0.4, 0.5) is 19.4 Å². The van der Waals surface area contributed by atoms with Crippen molar-refractivity contribution >= 4 is 10.2 Å². The minimum absolute atomic E-state index is 0.112. The number of unbranched alkanes of at least 4 members (excludes halogenated alkanes) is 2. The second kappa shape index (κ2) is 8.06. The lowest BCUT2D eigenvalue weighted by atomic mass is 9.77. The van der Waals surface area contributed by atoms with Crippen LogP contribution >= 0.6 is 10.2 Å². The van der Waals surface area contributed by atoms with E-state index in [4.69, 9.17) is 4.74 Å². The third kappa shape index (κ3) is 6.13. The molecule has 3 rings (SSSR count). The van der Waals surface area contributed by atoms with Crippen LogP contribution < -0.4 is 4.74 Å². The lowest BCUT2D eigenvalue weighted by Gasteiger charge is -2.41. The number of halogens is 5. The van der Waals surface area contributed by atoms with Crippen molar-refractivity contribution in [2.75, 3.05) is 0 Å². The summed E-state index contributed by atoms with van der Waals surface area (Å²) >= 11 is 0. The van der Waals surface area contributed by atoms with E-state index in [2.05, 4.69) is 6.92 Å². The standard InChI is InChI=1S/C23H29F5OS/c1-2-3-4-7-18-10-12-19(13-11-18)20-14-16-21(17-15-20)29-22-8-5-6-9-23(22)30(24,25,26,27)28/h5-6,8-9,14-19H,2-4,7,10-13H2,1H3. The Morgan fingerprint density at radius 3 is 2.07 bits per heavy atom. The average Bonchev–Trinajstić information content (AvgIpc) is 2.68. The normalized spacial score (nSPS) is 22.2. The van der Waals surface area contributed by atoms with Gasteiger partial charge in [0.25, 0.3) is 0 Å². The first-order chi connectivity index (χ1) is 14.0. The average molecular weight is 449 g/mol. The van der Waals surface area contributed by atoms with Crippen molar-refractivity contribution in [1.29, 1.82) is 0 Å². The van der Waals surface area contributed by atoms with Gasteiger partial charge in [0.05, 0.1) is 0 Å². The van der Waals surface area contributed by atoms with E-state index in [1.165, 1.54) is 44.6 Å². The van der Waals surface area contributed by atoms with Gasteiger partial charge in [0.1, 0.15) is 16.4 Å². The highest BCUT2D eigenvalue weighted by Gasteiger charge is 2.67. The van der Waals surface area contributed by atoms with Crippen LogP contribution in [0.5, 0.6) is 11.5 Å². The van der Waals surface area contributed by atoms with Gasteiger partial charge in [-0.3, -0.25) is 0 Å². The fourth-order valence-corrected chi connectivity index (χ4v) is 5.08. The Labute approximate surface area is 175 Å². The molecule has 0 aliphatic heterocycles. The molecule has 1 aliphatic rings. The lowest BCUT2D eigenvalue weighted by Crippen LogP contribution is -2.13. The highest BCUT2D eigenvalue weighted by atomic mass is 32.5. The van der Waals surface area contributed by atoms with E-state index >= 15 is 0 Å². The summed E-state index contributed by atoms with van der Waals surface area (Å²) in [5.74, 6) is 0.454. The van der Waals surface area contributed by atoms with Gasteiger partial charge in [0.15, 0.2) is 0 Å². The van der Waals surface area contributed by atoms with Crippen molar-refractivity contribution < 1.29 is 24.2 Å². The summed E-state index contributed by atoms with van der Waals surface area (Å²) in [6, 6.07) is 10.2. The van der Waals surface area contributed by atoms with Crippen LogP contribution in [0.3, 0.4) is 0 Å². The quantitative estimate of drug-likeness (QED) is 0.288. The summed E-state index contributed by atoms with van der Waals surface area (Å²) < 4.78 is 71.5. The monoisotopic (exact) mass is 448 g/mol. The molecule has 1 aliphatic carbocycles. The molecule has 1 fully saturated rings. The van der Waals surface area contributed by atoms with E-state index in [0.29, 0.717) is 12.0 Å². The molecule has 1 saturated carbocycles. The zero-order valence-electron chi connectivity index (χ0n) is 17.1. The molecule has 0 N–H and O–H groups in total. The van der Waals surface area contributed by atoms with Crippen molar-refractivity contribution in [3.8, 4) is 11.5 Å². The number of ether oxygens (including phenoxy) is 1. The fourth-order valence-electron chi connectivity index (χ4n) is 4.26. The first kappa shape index (κ1) is 22.9. The zero-order chi connectivity index (χ0) is 21.9. The van der Waals surface area contributed by atoms with Crippen molar-refractivity contribution in [3.63, 3.8) is 0 Å². The van der Waals surface area contributed by atoms with Gasteiger partial charge in [0.2, 0.25) is 0 Å². The van der Waals surface area contributed by atoms with Crippen LogP contribution in [0.2, 0.25) is 0 Å². The maximum Gasteiger partial charge on any atom is 0.313 e. The molecule has 0 radical (unpaired) electrons. The molecule has 0 saturated heterocycles. The molecule has 0 spiro atoms. The zero-order valence-corrected chi connectivity index (χ0v) is 18.0. The van der Waals surface area contributed by atoms with Gasteiger partial charge in [-0.2, -0.15) is 0 Å². The van der Waals surface area contributed by atoms with Crippen LogP contribution in [0.1, 0.15) is 69.8 Å². The van der Waals surface area contributed by atoms with Crippen molar-refractivity contribution in [1.82, 2.24) is 0 Å². The Bertz CT molecular complexity index is 841. The van der Waals surface area contributed by atoms with Crippen molar-refractivity contribution in [2.45, 2.75) is 69.1 Å². The van der Waals surface area contributed by atoms with Crippen LogP contribution in [-0.2, 0) is 0 Å². The van der Waals surface area contributed by atoms with Crippen molar-refractivity contribution in [3.05, 3.63) is 54.1 Å². The minimum Gasteiger partial charge on any atom is -0.456 e. The van der Waals surface area contributed by atoms with Gasteiger partial charge in [-0.05, 0) is 67.3 Å². The van der Waals surface area contributed by atoms with E-state index in [1.54, 1.807) is 12.1 Å². The Kier molecular flexibility index (Phi) is 6.16. The van der Waals surface area contributed by atoms with Crippen LogP contribution in [0.15, 0.2) is 53.4 Å². The third-order valence-corrected chi connectivity index (χ3v) is 7.08. The molecule has 0 atom stereocenters. The molecule has 0 bridgehead atoms. The predicted octanol–water partition coefficient (Wildman–Crippen LogP) is 9.99. The second-order valence-electron chi connectivity index (χ2n) is 8.30. The highest BCUT2D eigenvalue weighted by Crippen LogP contribution is 3.03. The molecule has 30 heavy (non-hydrogen) atoms. The molecule has 2 aromatic rings. The van der Waals surface area contributed by atoms with E-state index < -0.39 is 20.9 Å². The number of benzene rings is 2.